The number of esters is 1. The summed E-state index contributed by atoms with van der Waals surface area (Å²) in [4.78, 5) is 47.0. The molecule has 0 unspecified atom stereocenters. The van der Waals surface area contributed by atoms with Crippen molar-refractivity contribution < 1.29 is 19.1 Å². The van der Waals surface area contributed by atoms with E-state index in [1.165, 1.54) is 24.3 Å². The van der Waals surface area contributed by atoms with E-state index in [-0.39, 0.29) is 23.3 Å². The Kier molecular flexibility index (Phi) is 9.28. The second kappa shape index (κ2) is 12.6. The molecule has 2 heterocycles. The van der Waals surface area contributed by atoms with Gasteiger partial charge in [0.15, 0.2) is 17.4 Å². The zero-order valence-electron chi connectivity index (χ0n) is 19.3. The molecule has 178 valence electrons. The Balaban J connectivity index is 1.68. The van der Waals surface area contributed by atoms with Crippen LogP contribution in [0.15, 0.2) is 53.9 Å². The van der Waals surface area contributed by atoms with E-state index in [0.717, 1.165) is 36.9 Å². The first-order valence-corrected chi connectivity index (χ1v) is 12.1. The molecular weight excluding hydrogens is 452 g/mol. The van der Waals surface area contributed by atoms with Crippen LogP contribution in [0.2, 0.25) is 0 Å². The number of amides is 2. The van der Waals surface area contributed by atoms with Gasteiger partial charge in [-0.05, 0) is 18.6 Å². The maximum Gasteiger partial charge on any atom is 0.357 e. The lowest BCUT2D eigenvalue weighted by molar-refractivity contribution is -0.121. The van der Waals surface area contributed by atoms with Crippen LogP contribution in [-0.2, 0) is 14.3 Å². The molecule has 0 spiro atoms. The van der Waals surface area contributed by atoms with Crippen molar-refractivity contribution in [2.45, 2.75) is 39.5 Å². The molecule has 0 radical (unpaired) electrons. The molecule has 0 aliphatic carbocycles. The number of pyridine rings is 1. The summed E-state index contributed by atoms with van der Waals surface area (Å²) in [6.45, 7) is 3.54. The highest BCUT2D eigenvalue weighted by Crippen LogP contribution is 2.28. The fourth-order valence-electron chi connectivity index (χ4n) is 3.23. The second-order valence-electron chi connectivity index (χ2n) is 7.65. The Morgan fingerprint density at radius 3 is 2.53 bits per heavy atom. The molecule has 9 heteroatoms. The third kappa shape index (κ3) is 7.21. The predicted octanol–water partition coefficient (Wildman–Crippen LogP) is 4.93. The van der Waals surface area contributed by atoms with E-state index in [9.17, 15) is 14.4 Å². The van der Waals surface area contributed by atoms with E-state index < -0.39 is 12.6 Å². The Bertz CT molecular complexity index is 1120. The minimum absolute atomic E-state index is 0.00848. The van der Waals surface area contributed by atoms with Crippen LogP contribution in [0.25, 0.3) is 11.3 Å². The third-order valence-corrected chi connectivity index (χ3v) is 5.78. The number of hydrogen-bond donors (Lipinski definition) is 1. The summed E-state index contributed by atoms with van der Waals surface area (Å²) in [6.07, 6.45) is 4.00. The smallest absolute Gasteiger partial charge is 0.357 e. The minimum atomic E-state index is -0.740. The first-order chi connectivity index (χ1) is 16.5. The Morgan fingerprint density at radius 1 is 1.00 bits per heavy atom. The predicted molar refractivity (Wildman–Crippen MR) is 133 cm³/mol. The van der Waals surface area contributed by atoms with Crippen molar-refractivity contribution in [3.8, 4) is 11.3 Å². The number of benzene rings is 1. The van der Waals surface area contributed by atoms with Crippen LogP contribution in [0.1, 0.15) is 50.0 Å². The molecule has 0 saturated heterocycles. The van der Waals surface area contributed by atoms with E-state index in [4.69, 9.17) is 4.74 Å². The number of hydrogen-bond acceptors (Lipinski definition) is 7. The topological polar surface area (TPSA) is 101 Å². The summed E-state index contributed by atoms with van der Waals surface area (Å²) in [7, 11) is 0. The fourth-order valence-corrected chi connectivity index (χ4v) is 4.11. The van der Waals surface area contributed by atoms with E-state index in [2.05, 4.69) is 22.2 Å². The highest BCUT2D eigenvalue weighted by molar-refractivity contribution is 7.14. The van der Waals surface area contributed by atoms with Crippen LogP contribution in [0.5, 0.6) is 0 Å². The number of carbonyl (C=O) groups excluding carboxylic acids is 3. The van der Waals surface area contributed by atoms with E-state index in [0.29, 0.717) is 11.7 Å². The third-order valence-electron chi connectivity index (χ3n) is 4.92. The van der Waals surface area contributed by atoms with Crippen LogP contribution in [0.4, 0.5) is 10.9 Å². The number of carbonyl (C=O) groups is 3. The number of rotatable bonds is 11. The van der Waals surface area contributed by atoms with Gasteiger partial charge in [-0.25, -0.2) is 14.8 Å². The quantitative estimate of drug-likeness (QED) is 0.308. The van der Waals surface area contributed by atoms with Crippen molar-refractivity contribution in [2.24, 2.45) is 0 Å². The molecule has 8 nitrogen and oxygen atoms in total. The zero-order chi connectivity index (χ0) is 24.3. The van der Waals surface area contributed by atoms with Gasteiger partial charge in [-0.15, -0.1) is 11.3 Å². The summed E-state index contributed by atoms with van der Waals surface area (Å²) in [5, 5.41) is 5.00. The van der Waals surface area contributed by atoms with Crippen molar-refractivity contribution in [2.75, 3.05) is 23.4 Å². The van der Waals surface area contributed by atoms with Gasteiger partial charge in [0.25, 0.3) is 5.91 Å². The summed E-state index contributed by atoms with van der Waals surface area (Å²) in [6, 6.07) is 14.4. The second-order valence-corrected chi connectivity index (χ2v) is 8.49. The number of unbranched alkanes of at least 4 members (excludes halogenated alkanes) is 3. The number of nitrogens with one attached hydrogen (secondary N) is 1. The van der Waals surface area contributed by atoms with E-state index >= 15 is 0 Å². The lowest BCUT2D eigenvalue weighted by atomic mass is 10.2. The molecule has 1 N–H and O–H groups in total. The van der Waals surface area contributed by atoms with Crippen LogP contribution in [0.3, 0.4) is 0 Å². The first kappa shape index (κ1) is 25.0. The first-order valence-electron chi connectivity index (χ1n) is 11.2. The minimum Gasteiger partial charge on any atom is -0.451 e. The average Bonchev–Trinajstić information content (AvgIpc) is 3.32. The maximum absolute atomic E-state index is 13.0. The number of nitrogens with zero attached hydrogens (tertiary/aromatic N) is 3. The molecule has 0 bridgehead atoms. The van der Waals surface area contributed by atoms with Gasteiger partial charge in [-0.1, -0.05) is 62.6 Å². The molecule has 0 fully saturated rings. The van der Waals surface area contributed by atoms with Crippen molar-refractivity contribution in [1.29, 1.82) is 0 Å². The number of aromatic nitrogens is 2. The molecule has 0 atom stereocenters. The Hall–Kier alpha value is -3.59. The summed E-state index contributed by atoms with van der Waals surface area (Å²) in [5.74, 6) is -1.15. The van der Waals surface area contributed by atoms with Gasteiger partial charge >= 0.3 is 5.97 Å². The van der Waals surface area contributed by atoms with Gasteiger partial charge in [0.1, 0.15) is 5.82 Å². The number of anilines is 2. The van der Waals surface area contributed by atoms with Crippen LogP contribution < -0.4 is 10.2 Å². The molecule has 3 rings (SSSR count). The highest BCUT2D eigenvalue weighted by Gasteiger charge is 2.21. The Labute approximate surface area is 203 Å². The zero-order valence-corrected chi connectivity index (χ0v) is 20.1. The summed E-state index contributed by atoms with van der Waals surface area (Å²) < 4.78 is 5.24. The standard InChI is InChI=1S/C25H28N4O4S/c1-3-4-5-9-15-29(25-28-21(17-34-25)19-11-7-6-8-12-19)23(31)16-33-24(32)20-13-10-14-22(27-20)26-18(2)30/h6-8,10-14,17H,3-5,9,15-16H2,1-2H3,(H,26,27,30). The molecule has 0 aliphatic heterocycles. The summed E-state index contributed by atoms with van der Waals surface area (Å²) >= 11 is 1.38. The average molecular weight is 481 g/mol. The largest absolute Gasteiger partial charge is 0.451 e. The van der Waals surface area contributed by atoms with E-state index in [1.807, 2.05) is 35.7 Å². The summed E-state index contributed by atoms with van der Waals surface area (Å²) in [5.41, 5.74) is 1.78. The van der Waals surface area contributed by atoms with Crippen molar-refractivity contribution >= 4 is 40.1 Å². The molecule has 1 aromatic carbocycles. The van der Waals surface area contributed by atoms with Crippen LogP contribution >= 0.6 is 11.3 Å². The molecule has 0 saturated carbocycles. The van der Waals surface area contributed by atoms with Crippen LogP contribution in [-0.4, -0.2) is 40.9 Å². The van der Waals surface area contributed by atoms with Crippen molar-refractivity contribution in [1.82, 2.24) is 9.97 Å². The lowest BCUT2D eigenvalue weighted by Crippen LogP contribution is -2.35. The van der Waals surface area contributed by atoms with Crippen LogP contribution in [0, 0.1) is 0 Å². The lowest BCUT2D eigenvalue weighted by Gasteiger charge is -2.19. The SMILES string of the molecule is CCCCCCN(C(=O)COC(=O)c1cccc(NC(C)=O)n1)c1nc(-c2ccccc2)cs1. The van der Waals surface area contributed by atoms with Gasteiger partial charge in [0.05, 0.1) is 5.69 Å². The van der Waals surface area contributed by atoms with Crippen molar-refractivity contribution in [3.63, 3.8) is 0 Å². The fraction of sp³-hybridized carbons (Fsp3) is 0.320. The normalized spacial score (nSPS) is 10.5. The molecule has 2 aromatic heterocycles. The van der Waals surface area contributed by atoms with Gasteiger partial charge in [-0.2, -0.15) is 0 Å². The van der Waals surface area contributed by atoms with E-state index in [1.54, 1.807) is 17.0 Å². The molecular formula is C25H28N4O4S. The number of ether oxygens (including phenoxy) is 1. The Morgan fingerprint density at radius 2 is 1.79 bits per heavy atom. The maximum atomic E-state index is 13.0. The molecule has 34 heavy (non-hydrogen) atoms. The van der Waals surface area contributed by atoms with Gasteiger partial charge in [0, 0.05) is 24.4 Å². The molecule has 0 aliphatic rings. The van der Waals surface area contributed by atoms with Crippen molar-refractivity contribution in [3.05, 3.63) is 59.6 Å². The highest BCUT2D eigenvalue weighted by atomic mass is 32.1. The number of thiazole rings is 1. The molecule has 3 aromatic rings. The van der Waals surface area contributed by atoms with Gasteiger partial charge < -0.3 is 10.1 Å². The van der Waals surface area contributed by atoms with Gasteiger partial charge in [-0.3, -0.25) is 14.5 Å². The van der Waals surface area contributed by atoms with Gasteiger partial charge in [0.2, 0.25) is 5.91 Å². The molecule has 2 amide bonds. The monoisotopic (exact) mass is 480 g/mol.